The average Bonchev–Trinajstić information content (AvgIpc) is 2.15. The molecule has 0 aliphatic heterocycles. The summed E-state index contributed by atoms with van der Waals surface area (Å²) in [4.78, 5) is 0. The van der Waals surface area contributed by atoms with Crippen LogP contribution in [-0.2, 0) is 0 Å². The number of hydrogen-bond donors (Lipinski definition) is 1. The van der Waals surface area contributed by atoms with Crippen LogP contribution in [0.15, 0.2) is 12.2 Å². The zero-order chi connectivity index (χ0) is 6.31. The predicted molar refractivity (Wildman–Crippen MR) is 33.5 cm³/mol. The van der Waals surface area contributed by atoms with Crippen LogP contribution in [0.2, 0.25) is 0 Å². The third-order valence-corrected chi connectivity index (χ3v) is 1.96. The summed E-state index contributed by atoms with van der Waals surface area (Å²) < 4.78 is 0. The van der Waals surface area contributed by atoms with Gasteiger partial charge in [-0.15, -0.1) is 0 Å². The van der Waals surface area contributed by atoms with Gasteiger partial charge in [-0.1, -0.05) is 19.1 Å². The molecule has 0 aromatic rings. The van der Waals surface area contributed by atoms with Crippen molar-refractivity contribution in [2.75, 3.05) is 0 Å². The Balaban J connectivity index is 2.44. The molecule has 0 spiro atoms. The standard InChI is InChI=1S/C7H12O/c1-4-5(2)7(4)6(3)8/h5-8H,1H2,2-3H3. The number of hydrogen-bond acceptors (Lipinski definition) is 1. The van der Waals surface area contributed by atoms with Crippen LogP contribution in [0.25, 0.3) is 0 Å². The fraction of sp³-hybridized carbons (Fsp3) is 0.714. The molecule has 0 bridgehead atoms. The minimum atomic E-state index is -0.183. The van der Waals surface area contributed by atoms with Crippen LogP contribution in [0.1, 0.15) is 13.8 Å². The van der Waals surface area contributed by atoms with E-state index < -0.39 is 0 Å². The highest BCUT2D eigenvalue weighted by Gasteiger charge is 2.41. The molecular weight excluding hydrogens is 100 g/mol. The van der Waals surface area contributed by atoms with Gasteiger partial charge in [-0.25, -0.2) is 0 Å². The molecule has 1 nitrogen and oxygen atoms in total. The number of rotatable bonds is 1. The maximum Gasteiger partial charge on any atom is 0.0583 e. The van der Waals surface area contributed by atoms with E-state index in [4.69, 9.17) is 5.11 Å². The highest BCUT2D eigenvalue weighted by Crippen LogP contribution is 2.45. The lowest BCUT2D eigenvalue weighted by molar-refractivity contribution is 0.169. The minimum absolute atomic E-state index is 0.183. The van der Waals surface area contributed by atoms with Crippen LogP contribution in [0.3, 0.4) is 0 Å². The first kappa shape index (κ1) is 5.83. The summed E-state index contributed by atoms with van der Waals surface area (Å²) in [5, 5.41) is 8.97. The molecule has 1 N–H and O–H groups in total. The fourth-order valence-corrected chi connectivity index (χ4v) is 1.22. The van der Waals surface area contributed by atoms with Crippen LogP contribution >= 0.6 is 0 Å². The van der Waals surface area contributed by atoms with E-state index in [0.29, 0.717) is 11.8 Å². The monoisotopic (exact) mass is 112 g/mol. The van der Waals surface area contributed by atoms with Crippen LogP contribution in [0, 0.1) is 11.8 Å². The van der Waals surface area contributed by atoms with Gasteiger partial charge in [0.05, 0.1) is 6.10 Å². The highest BCUT2D eigenvalue weighted by molar-refractivity contribution is 5.25. The Bertz CT molecular complexity index is 116. The molecule has 46 valence electrons. The molecule has 1 aliphatic rings. The Morgan fingerprint density at radius 3 is 2.12 bits per heavy atom. The van der Waals surface area contributed by atoms with Crippen molar-refractivity contribution in [2.24, 2.45) is 11.8 Å². The molecular formula is C7H12O. The maximum absolute atomic E-state index is 8.97. The van der Waals surface area contributed by atoms with E-state index in [1.54, 1.807) is 0 Å². The van der Waals surface area contributed by atoms with Crippen molar-refractivity contribution in [3.05, 3.63) is 12.2 Å². The van der Waals surface area contributed by atoms with Gasteiger partial charge < -0.3 is 5.11 Å². The van der Waals surface area contributed by atoms with E-state index in [1.165, 1.54) is 5.57 Å². The lowest BCUT2D eigenvalue weighted by Crippen LogP contribution is -2.02. The Kier molecular flexibility index (Phi) is 1.16. The predicted octanol–water partition coefficient (Wildman–Crippen LogP) is 1.19. The van der Waals surface area contributed by atoms with Crippen molar-refractivity contribution in [1.29, 1.82) is 0 Å². The van der Waals surface area contributed by atoms with Crippen LogP contribution in [0.5, 0.6) is 0 Å². The van der Waals surface area contributed by atoms with Gasteiger partial charge in [-0.05, 0) is 12.8 Å². The van der Waals surface area contributed by atoms with E-state index in [0.717, 1.165) is 0 Å². The molecule has 1 fully saturated rings. The van der Waals surface area contributed by atoms with Gasteiger partial charge in [0.2, 0.25) is 0 Å². The molecule has 1 rings (SSSR count). The molecule has 8 heavy (non-hydrogen) atoms. The third-order valence-electron chi connectivity index (χ3n) is 1.96. The molecule has 0 heterocycles. The molecule has 3 unspecified atom stereocenters. The summed E-state index contributed by atoms with van der Waals surface area (Å²) in [5.74, 6) is 0.963. The summed E-state index contributed by atoms with van der Waals surface area (Å²) in [7, 11) is 0. The molecule has 1 aliphatic carbocycles. The van der Waals surface area contributed by atoms with Crippen LogP contribution in [-0.4, -0.2) is 11.2 Å². The molecule has 3 atom stereocenters. The molecule has 1 heteroatoms. The summed E-state index contributed by atoms with van der Waals surface area (Å²) in [5.41, 5.74) is 1.21. The normalized spacial score (nSPS) is 39.6. The minimum Gasteiger partial charge on any atom is -0.393 e. The Morgan fingerprint density at radius 2 is 2.12 bits per heavy atom. The second-order valence-electron chi connectivity index (χ2n) is 2.63. The summed E-state index contributed by atoms with van der Waals surface area (Å²) >= 11 is 0. The first-order chi connectivity index (χ1) is 3.64. The van der Waals surface area contributed by atoms with Crippen molar-refractivity contribution in [3.8, 4) is 0 Å². The molecule has 0 aromatic heterocycles. The zero-order valence-electron chi connectivity index (χ0n) is 5.39. The van der Waals surface area contributed by atoms with Gasteiger partial charge in [-0.2, -0.15) is 0 Å². The molecule has 0 saturated heterocycles. The van der Waals surface area contributed by atoms with E-state index in [-0.39, 0.29) is 6.10 Å². The Labute approximate surface area is 50.0 Å². The van der Waals surface area contributed by atoms with Gasteiger partial charge in [0.1, 0.15) is 0 Å². The Hall–Kier alpha value is -0.300. The number of aliphatic hydroxyl groups is 1. The van der Waals surface area contributed by atoms with Crippen molar-refractivity contribution in [2.45, 2.75) is 20.0 Å². The van der Waals surface area contributed by atoms with Crippen molar-refractivity contribution in [3.63, 3.8) is 0 Å². The first-order valence-electron chi connectivity index (χ1n) is 3.01. The van der Waals surface area contributed by atoms with E-state index >= 15 is 0 Å². The van der Waals surface area contributed by atoms with Crippen molar-refractivity contribution < 1.29 is 5.11 Å². The topological polar surface area (TPSA) is 20.2 Å². The zero-order valence-corrected chi connectivity index (χ0v) is 5.39. The Morgan fingerprint density at radius 1 is 1.75 bits per heavy atom. The fourth-order valence-electron chi connectivity index (χ4n) is 1.22. The van der Waals surface area contributed by atoms with Gasteiger partial charge in [0.25, 0.3) is 0 Å². The molecule has 0 aromatic carbocycles. The second-order valence-corrected chi connectivity index (χ2v) is 2.63. The van der Waals surface area contributed by atoms with Crippen molar-refractivity contribution in [1.82, 2.24) is 0 Å². The third kappa shape index (κ3) is 0.671. The molecule has 1 saturated carbocycles. The summed E-state index contributed by atoms with van der Waals surface area (Å²) in [6.45, 7) is 7.71. The average molecular weight is 112 g/mol. The van der Waals surface area contributed by atoms with Crippen LogP contribution in [0.4, 0.5) is 0 Å². The van der Waals surface area contributed by atoms with Gasteiger partial charge in [-0.3, -0.25) is 0 Å². The second kappa shape index (κ2) is 1.59. The quantitative estimate of drug-likeness (QED) is 0.505. The van der Waals surface area contributed by atoms with Crippen molar-refractivity contribution >= 4 is 0 Å². The van der Waals surface area contributed by atoms with Gasteiger partial charge >= 0.3 is 0 Å². The highest BCUT2D eigenvalue weighted by atomic mass is 16.3. The lowest BCUT2D eigenvalue weighted by atomic mass is 10.2. The van der Waals surface area contributed by atoms with Gasteiger partial charge in [0, 0.05) is 5.92 Å². The molecule has 0 amide bonds. The molecule has 0 radical (unpaired) electrons. The first-order valence-corrected chi connectivity index (χ1v) is 3.01. The largest absolute Gasteiger partial charge is 0.393 e. The van der Waals surface area contributed by atoms with E-state index in [1.807, 2.05) is 6.92 Å². The summed E-state index contributed by atoms with van der Waals surface area (Å²) in [6, 6.07) is 0. The number of aliphatic hydroxyl groups excluding tert-OH is 1. The maximum atomic E-state index is 8.97. The lowest BCUT2D eigenvalue weighted by Gasteiger charge is -1.96. The van der Waals surface area contributed by atoms with E-state index in [2.05, 4.69) is 13.5 Å². The SMILES string of the molecule is C=C1C(C)C1C(C)O. The van der Waals surface area contributed by atoms with E-state index in [9.17, 15) is 0 Å². The smallest absolute Gasteiger partial charge is 0.0583 e. The van der Waals surface area contributed by atoms with Crippen LogP contribution < -0.4 is 0 Å². The van der Waals surface area contributed by atoms with Gasteiger partial charge in [0.15, 0.2) is 0 Å². The summed E-state index contributed by atoms with van der Waals surface area (Å²) in [6.07, 6.45) is -0.183.